The molecule has 1 aliphatic carbocycles. The molecule has 0 heterocycles. The van der Waals surface area contributed by atoms with Gasteiger partial charge in [-0.15, -0.1) is 0 Å². The van der Waals surface area contributed by atoms with Gasteiger partial charge in [-0.2, -0.15) is 0 Å². The largest absolute Gasteiger partial charge is 0.387 e. The third kappa shape index (κ3) is 3.50. The van der Waals surface area contributed by atoms with E-state index in [1.54, 1.807) is 0 Å². The fourth-order valence-corrected chi connectivity index (χ4v) is 2.11. The molecule has 1 fully saturated rings. The molecule has 0 spiro atoms. The summed E-state index contributed by atoms with van der Waals surface area (Å²) in [7, 11) is 0. The number of aliphatic hydroxyl groups is 1. The van der Waals surface area contributed by atoms with E-state index < -0.39 is 17.7 Å². The van der Waals surface area contributed by atoms with Crippen LogP contribution in [0, 0.1) is 17.6 Å². The number of hydrogen-bond acceptors (Lipinski definition) is 2. The van der Waals surface area contributed by atoms with Crippen LogP contribution in [0.25, 0.3) is 0 Å². The zero-order valence-corrected chi connectivity index (χ0v) is 10.6. The Bertz CT molecular complexity index is 407. The smallest absolute Gasteiger partial charge is 0.131 e. The van der Waals surface area contributed by atoms with Gasteiger partial charge in [-0.3, -0.25) is 0 Å². The van der Waals surface area contributed by atoms with Gasteiger partial charge in [0.1, 0.15) is 11.6 Å². The molecule has 2 nitrogen and oxygen atoms in total. The summed E-state index contributed by atoms with van der Waals surface area (Å²) in [5.74, 6) is -0.561. The lowest BCUT2D eigenvalue weighted by Crippen LogP contribution is -2.30. The van der Waals surface area contributed by atoms with Crippen LogP contribution in [0.3, 0.4) is 0 Å². The molecule has 1 aromatic rings. The van der Waals surface area contributed by atoms with Crippen LogP contribution in [0.15, 0.2) is 18.2 Å². The van der Waals surface area contributed by atoms with Crippen LogP contribution in [-0.2, 0) is 0 Å². The second kappa shape index (κ2) is 5.76. The van der Waals surface area contributed by atoms with E-state index in [4.69, 9.17) is 0 Å². The molecule has 1 unspecified atom stereocenters. The van der Waals surface area contributed by atoms with Crippen LogP contribution >= 0.6 is 0 Å². The predicted molar refractivity (Wildman–Crippen MR) is 66.2 cm³/mol. The monoisotopic (exact) mass is 255 g/mol. The van der Waals surface area contributed by atoms with Gasteiger partial charge in [-0.05, 0) is 31.4 Å². The zero-order chi connectivity index (χ0) is 13.1. The topological polar surface area (TPSA) is 23.5 Å². The molecule has 0 bridgehead atoms. The van der Waals surface area contributed by atoms with Crippen molar-refractivity contribution in [2.24, 2.45) is 5.92 Å². The molecule has 100 valence electrons. The number of halogens is 2. The number of aliphatic hydroxyl groups excluding tert-OH is 1. The number of nitrogens with zero attached hydrogens (tertiary/aromatic N) is 1. The number of benzene rings is 1. The molecule has 1 aliphatic rings. The summed E-state index contributed by atoms with van der Waals surface area (Å²) in [6.45, 7) is 4.21. The Morgan fingerprint density at radius 2 is 2.11 bits per heavy atom. The fraction of sp³-hybridized carbons (Fsp3) is 0.571. The highest BCUT2D eigenvalue weighted by Crippen LogP contribution is 2.30. The highest BCUT2D eigenvalue weighted by molar-refractivity contribution is 5.21. The second-order valence-electron chi connectivity index (χ2n) is 4.98. The zero-order valence-electron chi connectivity index (χ0n) is 10.6. The van der Waals surface area contributed by atoms with E-state index in [0.29, 0.717) is 6.54 Å². The summed E-state index contributed by atoms with van der Waals surface area (Å²) >= 11 is 0. The highest BCUT2D eigenvalue weighted by Gasteiger charge is 2.25. The molecule has 18 heavy (non-hydrogen) atoms. The molecule has 0 aromatic heterocycles. The van der Waals surface area contributed by atoms with Crippen molar-refractivity contribution in [3.05, 3.63) is 35.4 Å². The van der Waals surface area contributed by atoms with Crippen LogP contribution in [0.1, 0.15) is 31.4 Å². The Morgan fingerprint density at radius 3 is 2.67 bits per heavy atom. The van der Waals surface area contributed by atoms with Gasteiger partial charge in [0.05, 0.1) is 6.10 Å². The summed E-state index contributed by atoms with van der Waals surface area (Å²) in [6, 6.07) is 3.31. The Hall–Kier alpha value is -1.00. The first kappa shape index (κ1) is 13.4. The summed E-state index contributed by atoms with van der Waals surface area (Å²) in [4.78, 5) is 2.12. The maximum Gasteiger partial charge on any atom is 0.131 e. The summed E-state index contributed by atoms with van der Waals surface area (Å²) in [6.07, 6.45) is 1.60. The standard InChI is InChI=1S/C14H19F2NO/c1-2-17(8-10-3-4-10)9-14(18)12-6-5-11(15)7-13(12)16/h5-7,10,14,18H,2-4,8-9H2,1H3. The molecule has 0 radical (unpaired) electrons. The van der Waals surface area contributed by atoms with Crippen molar-refractivity contribution in [1.29, 1.82) is 0 Å². The van der Waals surface area contributed by atoms with Gasteiger partial charge in [-0.25, -0.2) is 8.78 Å². The maximum atomic E-state index is 13.5. The van der Waals surface area contributed by atoms with E-state index in [0.717, 1.165) is 25.1 Å². The first-order valence-corrected chi connectivity index (χ1v) is 6.45. The van der Waals surface area contributed by atoms with E-state index in [-0.39, 0.29) is 5.56 Å². The molecule has 4 heteroatoms. The number of likely N-dealkylation sites (N-methyl/N-ethyl adjacent to an activating group) is 1. The summed E-state index contributed by atoms with van der Waals surface area (Å²) < 4.78 is 26.3. The van der Waals surface area contributed by atoms with Crippen molar-refractivity contribution < 1.29 is 13.9 Å². The Morgan fingerprint density at radius 1 is 1.39 bits per heavy atom. The van der Waals surface area contributed by atoms with Crippen LogP contribution in [0.2, 0.25) is 0 Å². The number of rotatable bonds is 6. The van der Waals surface area contributed by atoms with E-state index in [1.807, 2.05) is 6.92 Å². The van der Waals surface area contributed by atoms with Gasteiger partial charge in [0.15, 0.2) is 0 Å². The van der Waals surface area contributed by atoms with Crippen LogP contribution in [0.5, 0.6) is 0 Å². The minimum absolute atomic E-state index is 0.172. The van der Waals surface area contributed by atoms with Gasteiger partial charge in [0, 0.05) is 24.7 Å². The molecule has 1 N–H and O–H groups in total. The first-order valence-electron chi connectivity index (χ1n) is 6.45. The van der Waals surface area contributed by atoms with E-state index >= 15 is 0 Å². The SMILES string of the molecule is CCN(CC1CC1)CC(O)c1ccc(F)cc1F. The molecule has 0 saturated heterocycles. The molecule has 0 aliphatic heterocycles. The van der Waals surface area contributed by atoms with Gasteiger partial charge >= 0.3 is 0 Å². The summed E-state index contributed by atoms with van der Waals surface area (Å²) in [5, 5.41) is 10.0. The average molecular weight is 255 g/mol. The minimum atomic E-state index is -0.899. The Kier molecular flexibility index (Phi) is 4.30. The van der Waals surface area contributed by atoms with E-state index in [1.165, 1.54) is 25.0 Å². The molecule has 1 saturated carbocycles. The van der Waals surface area contributed by atoms with Crippen molar-refractivity contribution in [3.63, 3.8) is 0 Å². The molecule has 1 aromatic carbocycles. The highest BCUT2D eigenvalue weighted by atomic mass is 19.1. The summed E-state index contributed by atoms with van der Waals surface area (Å²) in [5.41, 5.74) is 0.172. The lowest BCUT2D eigenvalue weighted by molar-refractivity contribution is 0.110. The van der Waals surface area contributed by atoms with Crippen molar-refractivity contribution >= 4 is 0 Å². The predicted octanol–water partition coefficient (Wildman–Crippen LogP) is 2.73. The minimum Gasteiger partial charge on any atom is -0.387 e. The van der Waals surface area contributed by atoms with Crippen molar-refractivity contribution in [2.45, 2.75) is 25.9 Å². The number of hydrogen-bond donors (Lipinski definition) is 1. The van der Waals surface area contributed by atoms with Gasteiger partial charge in [-0.1, -0.05) is 13.0 Å². The Labute approximate surface area is 106 Å². The van der Waals surface area contributed by atoms with Crippen molar-refractivity contribution in [1.82, 2.24) is 4.90 Å². The maximum absolute atomic E-state index is 13.5. The van der Waals surface area contributed by atoms with Gasteiger partial charge in [0.25, 0.3) is 0 Å². The van der Waals surface area contributed by atoms with E-state index in [2.05, 4.69) is 4.90 Å². The molecule has 1 atom stereocenters. The van der Waals surface area contributed by atoms with Crippen molar-refractivity contribution in [3.8, 4) is 0 Å². The first-order chi connectivity index (χ1) is 8.60. The average Bonchev–Trinajstić information content (AvgIpc) is 3.11. The van der Waals surface area contributed by atoms with Gasteiger partial charge < -0.3 is 10.0 Å². The molecule has 2 rings (SSSR count). The molecular formula is C14H19F2NO. The van der Waals surface area contributed by atoms with Gasteiger partial charge in [0.2, 0.25) is 0 Å². The molecule has 0 amide bonds. The van der Waals surface area contributed by atoms with Crippen LogP contribution in [0.4, 0.5) is 8.78 Å². The molecular weight excluding hydrogens is 236 g/mol. The third-order valence-corrected chi connectivity index (χ3v) is 3.41. The second-order valence-corrected chi connectivity index (χ2v) is 4.98. The van der Waals surface area contributed by atoms with Crippen molar-refractivity contribution in [2.75, 3.05) is 19.6 Å². The normalized spacial score (nSPS) is 17.2. The third-order valence-electron chi connectivity index (χ3n) is 3.41. The van der Waals surface area contributed by atoms with Crippen LogP contribution < -0.4 is 0 Å². The Balaban J connectivity index is 1.98. The van der Waals surface area contributed by atoms with Crippen LogP contribution in [-0.4, -0.2) is 29.6 Å². The fourth-order valence-electron chi connectivity index (χ4n) is 2.11. The quantitative estimate of drug-likeness (QED) is 0.845. The lowest BCUT2D eigenvalue weighted by atomic mass is 10.1. The van der Waals surface area contributed by atoms with E-state index in [9.17, 15) is 13.9 Å². The lowest BCUT2D eigenvalue weighted by Gasteiger charge is -2.23.